The molecule has 0 amide bonds. The van der Waals surface area contributed by atoms with Crippen LogP contribution in [0, 0.1) is 0 Å². The number of likely N-dealkylation sites (N-methyl/N-ethyl adjacent to an activating group) is 1. The van der Waals surface area contributed by atoms with Crippen molar-refractivity contribution in [3.8, 4) is 0 Å². The second-order valence-corrected chi connectivity index (χ2v) is 5.95. The van der Waals surface area contributed by atoms with Gasteiger partial charge in [0.15, 0.2) is 0 Å². The third-order valence-corrected chi connectivity index (χ3v) is 3.90. The van der Waals surface area contributed by atoms with E-state index >= 15 is 0 Å². The van der Waals surface area contributed by atoms with E-state index < -0.39 is 17.7 Å². The summed E-state index contributed by atoms with van der Waals surface area (Å²) in [6.45, 7) is 7.18. The first kappa shape index (κ1) is 14.6. The molecule has 5 heteroatoms. The summed E-state index contributed by atoms with van der Waals surface area (Å²) in [5, 5.41) is 0. The van der Waals surface area contributed by atoms with Crippen LogP contribution in [-0.2, 0) is 25.5 Å². The number of rotatable bonds is 2. The van der Waals surface area contributed by atoms with Crippen LogP contribution < -0.4 is 4.90 Å². The zero-order valence-electron chi connectivity index (χ0n) is 13.0. The van der Waals surface area contributed by atoms with Crippen LogP contribution in [0.4, 0.5) is 5.69 Å². The van der Waals surface area contributed by atoms with Gasteiger partial charge >= 0.3 is 11.9 Å². The fraction of sp³-hybridized carbons (Fsp3) is 0.412. The number of fused-ring (bicyclic) bond motifs is 1. The SMILES string of the molecule is CCN1CCc2cc(C=C3C(=O)OC(C)(C)OC3=O)ccc21. The van der Waals surface area contributed by atoms with Gasteiger partial charge in [-0.05, 0) is 42.7 Å². The van der Waals surface area contributed by atoms with Crippen molar-refractivity contribution in [2.45, 2.75) is 33.0 Å². The highest BCUT2D eigenvalue weighted by Crippen LogP contribution is 2.30. The van der Waals surface area contributed by atoms with Gasteiger partial charge in [0.05, 0.1) is 0 Å². The number of hydrogen-bond acceptors (Lipinski definition) is 5. The standard InChI is InChI=1S/C17H19NO4/c1-4-18-8-7-12-9-11(5-6-14(12)18)10-13-15(19)21-17(2,3)22-16(13)20/h5-6,9-10H,4,7-8H2,1-3H3. The fourth-order valence-corrected chi connectivity index (χ4v) is 2.85. The minimum absolute atomic E-state index is 0.0652. The zero-order valence-corrected chi connectivity index (χ0v) is 13.0. The Morgan fingerprint density at radius 1 is 1.23 bits per heavy atom. The Morgan fingerprint density at radius 2 is 1.91 bits per heavy atom. The van der Waals surface area contributed by atoms with Crippen LogP contribution in [0.1, 0.15) is 31.9 Å². The largest absolute Gasteiger partial charge is 0.419 e. The van der Waals surface area contributed by atoms with Crippen LogP contribution in [0.15, 0.2) is 23.8 Å². The van der Waals surface area contributed by atoms with E-state index in [1.165, 1.54) is 31.2 Å². The maximum Gasteiger partial charge on any atom is 0.348 e. The minimum Gasteiger partial charge on any atom is -0.419 e. The number of benzene rings is 1. The molecule has 3 rings (SSSR count). The molecule has 0 aliphatic carbocycles. The Bertz CT molecular complexity index is 653. The molecule has 1 aromatic rings. The summed E-state index contributed by atoms with van der Waals surface area (Å²) in [6.07, 6.45) is 2.51. The molecule has 0 N–H and O–H groups in total. The van der Waals surface area contributed by atoms with Gasteiger partial charge in [0.2, 0.25) is 0 Å². The van der Waals surface area contributed by atoms with Crippen LogP contribution >= 0.6 is 0 Å². The highest BCUT2D eigenvalue weighted by atomic mass is 16.7. The number of anilines is 1. The molecule has 0 radical (unpaired) electrons. The second kappa shape index (κ2) is 5.16. The summed E-state index contributed by atoms with van der Waals surface area (Å²) >= 11 is 0. The number of nitrogens with zero attached hydrogens (tertiary/aromatic N) is 1. The van der Waals surface area contributed by atoms with Crippen molar-refractivity contribution in [1.29, 1.82) is 0 Å². The lowest BCUT2D eigenvalue weighted by Gasteiger charge is -2.29. The molecule has 0 spiro atoms. The van der Waals surface area contributed by atoms with E-state index in [0.717, 1.165) is 25.1 Å². The van der Waals surface area contributed by atoms with E-state index in [0.29, 0.717) is 0 Å². The van der Waals surface area contributed by atoms with Crippen molar-refractivity contribution in [1.82, 2.24) is 0 Å². The molecule has 0 unspecified atom stereocenters. The summed E-state index contributed by atoms with van der Waals surface area (Å²) in [4.78, 5) is 26.2. The third-order valence-electron chi connectivity index (χ3n) is 3.90. The summed E-state index contributed by atoms with van der Waals surface area (Å²) < 4.78 is 10.2. The van der Waals surface area contributed by atoms with Gasteiger partial charge < -0.3 is 14.4 Å². The van der Waals surface area contributed by atoms with Crippen LogP contribution in [0.5, 0.6) is 0 Å². The topological polar surface area (TPSA) is 55.8 Å². The number of carbonyl (C=O) groups excluding carboxylic acids is 2. The van der Waals surface area contributed by atoms with Gasteiger partial charge in [0, 0.05) is 32.6 Å². The van der Waals surface area contributed by atoms with Crippen molar-refractivity contribution >= 4 is 23.7 Å². The molecule has 0 bridgehead atoms. The molecule has 0 atom stereocenters. The quantitative estimate of drug-likeness (QED) is 0.476. The van der Waals surface area contributed by atoms with Gasteiger partial charge in [-0.1, -0.05) is 6.07 Å². The minimum atomic E-state index is -1.20. The third kappa shape index (κ3) is 2.58. The van der Waals surface area contributed by atoms with Crippen LogP contribution in [0.25, 0.3) is 6.08 Å². The molecule has 2 aliphatic rings. The Hall–Kier alpha value is -2.30. The summed E-state index contributed by atoms with van der Waals surface area (Å²) in [5.74, 6) is -2.49. The van der Waals surface area contributed by atoms with Crippen LogP contribution in [0.3, 0.4) is 0 Å². The molecule has 1 saturated heterocycles. The highest BCUT2D eigenvalue weighted by Gasteiger charge is 2.38. The smallest absolute Gasteiger partial charge is 0.348 e. The molecular weight excluding hydrogens is 282 g/mol. The number of carbonyl (C=O) groups is 2. The number of ether oxygens (including phenoxy) is 2. The Morgan fingerprint density at radius 3 is 2.55 bits per heavy atom. The van der Waals surface area contributed by atoms with E-state index in [1.807, 2.05) is 18.2 Å². The molecule has 0 saturated carbocycles. The van der Waals surface area contributed by atoms with E-state index in [-0.39, 0.29) is 5.57 Å². The zero-order chi connectivity index (χ0) is 15.9. The number of cyclic esters (lactones) is 2. The average Bonchev–Trinajstić information content (AvgIpc) is 2.84. The predicted octanol–water partition coefficient (Wildman–Crippen LogP) is 2.29. The summed E-state index contributed by atoms with van der Waals surface area (Å²) in [6, 6.07) is 5.94. The van der Waals surface area contributed by atoms with E-state index in [4.69, 9.17) is 9.47 Å². The van der Waals surface area contributed by atoms with Gasteiger partial charge in [-0.2, -0.15) is 0 Å². The van der Waals surface area contributed by atoms with Gasteiger partial charge in [-0.15, -0.1) is 0 Å². The molecule has 2 aliphatic heterocycles. The van der Waals surface area contributed by atoms with Gasteiger partial charge in [0.25, 0.3) is 5.79 Å². The first-order valence-corrected chi connectivity index (χ1v) is 7.46. The van der Waals surface area contributed by atoms with Crippen molar-refractivity contribution in [2.75, 3.05) is 18.0 Å². The van der Waals surface area contributed by atoms with E-state index in [9.17, 15) is 9.59 Å². The average molecular weight is 301 g/mol. The fourth-order valence-electron chi connectivity index (χ4n) is 2.85. The maximum absolute atomic E-state index is 12.0. The molecule has 22 heavy (non-hydrogen) atoms. The van der Waals surface area contributed by atoms with Gasteiger partial charge in [0.1, 0.15) is 5.57 Å². The summed E-state index contributed by atoms with van der Waals surface area (Å²) in [5.41, 5.74) is 3.19. The first-order valence-electron chi connectivity index (χ1n) is 7.46. The lowest BCUT2D eigenvalue weighted by molar-refractivity contribution is -0.222. The molecule has 116 valence electrons. The highest BCUT2D eigenvalue weighted by molar-refractivity contribution is 6.18. The first-order chi connectivity index (χ1) is 10.4. The van der Waals surface area contributed by atoms with Gasteiger partial charge in [-0.25, -0.2) is 9.59 Å². The van der Waals surface area contributed by atoms with Crippen LogP contribution in [0.2, 0.25) is 0 Å². The maximum atomic E-state index is 12.0. The molecule has 5 nitrogen and oxygen atoms in total. The lowest BCUT2D eigenvalue weighted by Crippen LogP contribution is -2.41. The Balaban J connectivity index is 1.90. The van der Waals surface area contributed by atoms with Crippen LogP contribution in [-0.4, -0.2) is 30.8 Å². The molecule has 0 aromatic heterocycles. The lowest BCUT2D eigenvalue weighted by atomic mass is 10.1. The van der Waals surface area contributed by atoms with Crippen molar-refractivity contribution < 1.29 is 19.1 Å². The predicted molar refractivity (Wildman–Crippen MR) is 82.3 cm³/mol. The van der Waals surface area contributed by atoms with Gasteiger partial charge in [-0.3, -0.25) is 0 Å². The normalized spacial score (nSPS) is 19.6. The monoisotopic (exact) mass is 301 g/mol. The van der Waals surface area contributed by atoms with Crippen molar-refractivity contribution in [3.63, 3.8) is 0 Å². The van der Waals surface area contributed by atoms with Crippen molar-refractivity contribution in [3.05, 3.63) is 34.9 Å². The molecular formula is C17H19NO4. The van der Waals surface area contributed by atoms with E-state index in [2.05, 4.69) is 11.8 Å². The molecule has 2 heterocycles. The van der Waals surface area contributed by atoms with Crippen molar-refractivity contribution in [2.24, 2.45) is 0 Å². The Labute approximate surface area is 129 Å². The number of esters is 2. The second-order valence-electron chi connectivity index (χ2n) is 5.95. The van der Waals surface area contributed by atoms with E-state index in [1.54, 1.807) is 0 Å². The Kier molecular flexibility index (Phi) is 3.43. The number of hydrogen-bond donors (Lipinski definition) is 0. The molecule has 1 aromatic carbocycles. The molecule has 1 fully saturated rings. The summed E-state index contributed by atoms with van der Waals surface area (Å²) in [7, 11) is 0.